The lowest BCUT2D eigenvalue weighted by Gasteiger charge is -2.15. The molecule has 29 heavy (non-hydrogen) atoms. The molecule has 0 bridgehead atoms. The molecule has 3 aromatic carbocycles. The molecular weight excluding hydrogens is 498 g/mol. The van der Waals surface area contributed by atoms with Crippen molar-refractivity contribution in [1.82, 2.24) is 9.88 Å². The number of benzene rings is 3. The van der Waals surface area contributed by atoms with Crippen LogP contribution in [0.15, 0.2) is 75.7 Å². The van der Waals surface area contributed by atoms with Gasteiger partial charge in [-0.2, -0.15) is 0 Å². The molecule has 1 heterocycles. The van der Waals surface area contributed by atoms with Gasteiger partial charge in [0.25, 0.3) is 0 Å². The highest BCUT2D eigenvalue weighted by atomic mass is 79.9. The summed E-state index contributed by atoms with van der Waals surface area (Å²) in [5.74, 6) is 0. The number of rotatable bonds is 5. The van der Waals surface area contributed by atoms with Crippen LogP contribution in [0.4, 0.5) is 10.5 Å². The van der Waals surface area contributed by atoms with Gasteiger partial charge in [-0.15, -0.1) is 0 Å². The average Bonchev–Trinajstić information content (AvgIpc) is 2.99. The summed E-state index contributed by atoms with van der Waals surface area (Å²) in [7, 11) is 0. The van der Waals surface area contributed by atoms with Gasteiger partial charge in [0.05, 0.1) is 12.6 Å². The number of aliphatic hydroxyl groups is 1. The van der Waals surface area contributed by atoms with Crippen LogP contribution >= 0.6 is 31.9 Å². The molecular formula is C22H19Br2N3O2. The molecule has 1 aromatic heterocycles. The molecule has 0 aliphatic carbocycles. The average molecular weight is 517 g/mol. The second-order valence-electron chi connectivity index (χ2n) is 6.79. The minimum atomic E-state index is -0.734. The van der Waals surface area contributed by atoms with Crippen LogP contribution in [0.3, 0.4) is 0 Å². The summed E-state index contributed by atoms with van der Waals surface area (Å²) < 4.78 is 4.10. The van der Waals surface area contributed by atoms with Gasteiger partial charge in [0.2, 0.25) is 0 Å². The molecule has 0 aliphatic heterocycles. The highest BCUT2D eigenvalue weighted by molar-refractivity contribution is 9.10. The van der Waals surface area contributed by atoms with Gasteiger partial charge in [-0.25, -0.2) is 4.79 Å². The van der Waals surface area contributed by atoms with Crippen LogP contribution in [0.2, 0.25) is 0 Å². The van der Waals surface area contributed by atoms with Crippen LogP contribution in [0.1, 0.15) is 0 Å². The predicted octanol–water partition coefficient (Wildman–Crippen LogP) is 5.50. The number of hydrogen-bond donors (Lipinski definition) is 3. The van der Waals surface area contributed by atoms with Gasteiger partial charge in [-0.3, -0.25) is 0 Å². The molecule has 0 fully saturated rings. The van der Waals surface area contributed by atoms with Crippen LogP contribution in [-0.4, -0.2) is 28.4 Å². The first-order valence-electron chi connectivity index (χ1n) is 9.16. The van der Waals surface area contributed by atoms with Crippen molar-refractivity contribution in [3.63, 3.8) is 0 Å². The quantitative estimate of drug-likeness (QED) is 0.328. The molecule has 5 nitrogen and oxygen atoms in total. The van der Waals surface area contributed by atoms with Crippen LogP contribution < -0.4 is 10.6 Å². The lowest BCUT2D eigenvalue weighted by molar-refractivity contribution is 0.155. The Hall–Kier alpha value is -2.35. The second kappa shape index (κ2) is 8.57. The Labute approximate surface area is 185 Å². The van der Waals surface area contributed by atoms with Gasteiger partial charge >= 0.3 is 6.03 Å². The minimum Gasteiger partial charge on any atom is -0.389 e. The zero-order valence-corrected chi connectivity index (χ0v) is 18.6. The topological polar surface area (TPSA) is 66.3 Å². The predicted molar refractivity (Wildman–Crippen MR) is 124 cm³/mol. The SMILES string of the molecule is O=C(NCC(O)Cn1c2ccc(Br)cc2c2cc(Br)ccc21)Nc1ccccc1. The number of fused-ring (bicyclic) bond motifs is 3. The first kappa shape index (κ1) is 19.9. The Morgan fingerprint density at radius 1 is 0.931 bits per heavy atom. The van der Waals surface area contributed by atoms with Gasteiger partial charge in [0.1, 0.15) is 0 Å². The van der Waals surface area contributed by atoms with Crippen molar-refractivity contribution >= 4 is 65.4 Å². The number of aromatic nitrogens is 1. The van der Waals surface area contributed by atoms with Crippen molar-refractivity contribution in [2.75, 3.05) is 11.9 Å². The molecule has 1 unspecified atom stereocenters. The zero-order valence-electron chi connectivity index (χ0n) is 15.4. The van der Waals surface area contributed by atoms with Crippen LogP contribution in [0, 0.1) is 0 Å². The number of carbonyl (C=O) groups is 1. The Kier molecular flexibility index (Phi) is 5.89. The summed E-state index contributed by atoms with van der Waals surface area (Å²) in [4.78, 5) is 12.1. The fourth-order valence-corrected chi connectivity index (χ4v) is 4.15. The van der Waals surface area contributed by atoms with Crippen molar-refractivity contribution in [1.29, 1.82) is 0 Å². The lowest BCUT2D eigenvalue weighted by atomic mass is 10.2. The van der Waals surface area contributed by atoms with E-state index in [1.807, 2.05) is 54.6 Å². The van der Waals surface area contributed by atoms with Gasteiger partial charge < -0.3 is 20.3 Å². The number of hydrogen-bond acceptors (Lipinski definition) is 2. The van der Waals surface area contributed by atoms with Crippen LogP contribution in [0.5, 0.6) is 0 Å². The summed E-state index contributed by atoms with van der Waals surface area (Å²) >= 11 is 7.08. The van der Waals surface area contributed by atoms with E-state index in [4.69, 9.17) is 0 Å². The number of para-hydroxylation sites is 1. The standard InChI is InChI=1S/C22H19Br2N3O2/c23-14-6-8-20-18(10-14)19-11-15(24)7-9-21(19)27(20)13-17(28)12-25-22(29)26-16-4-2-1-3-5-16/h1-11,17,28H,12-13H2,(H2,25,26,29). The number of carbonyl (C=O) groups excluding carboxylic acids is 1. The number of aliphatic hydroxyl groups excluding tert-OH is 1. The lowest BCUT2D eigenvalue weighted by Crippen LogP contribution is -2.37. The van der Waals surface area contributed by atoms with Crippen LogP contribution in [-0.2, 0) is 6.54 Å². The maximum Gasteiger partial charge on any atom is 0.319 e. The van der Waals surface area contributed by atoms with Gasteiger partial charge in [-0.1, -0.05) is 50.1 Å². The van der Waals surface area contributed by atoms with E-state index >= 15 is 0 Å². The third-order valence-corrected chi connectivity index (χ3v) is 5.70. The third-order valence-electron chi connectivity index (χ3n) is 4.71. The maximum atomic E-state index is 12.1. The van der Waals surface area contributed by atoms with Gasteiger partial charge in [0.15, 0.2) is 0 Å². The monoisotopic (exact) mass is 515 g/mol. The molecule has 0 saturated heterocycles. The number of amides is 2. The Morgan fingerprint density at radius 3 is 2.10 bits per heavy atom. The molecule has 3 N–H and O–H groups in total. The molecule has 7 heteroatoms. The Bertz CT molecular complexity index is 1120. The second-order valence-corrected chi connectivity index (χ2v) is 8.62. The summed E-state index contributed by atoms with van der Waals surface area (Å²) in [5.41, 5.74) is 2.78. The molecule has 4 rings (SSSR count). The van der Waals surface area contributed by atoms with Gasteiger partial charge in [-0.05, 0) is 48.5 Å². The van der Waals surface area contributed by atoms with E-state index in [0.717, 1.165) is 30.8 Å². The van der Waals surface area contributed by atoms with E-state index in [9.17, 15) is 9.90 Å². The van der Waals surface area contributed by atoms with E-state index in [0.29, 0.717) is 12.2 Å². The number of urea groups is 1. The molecule has 0 aliphatic rings. The summed E-state index contributed by atoms with van der Waals surface area (Å²) in [6, 6.07) is 21.1. The fraction of sp³-hybridized carbons (Fsp3) is 0.136. The maximum absolute atomic E-state index is 12.1. The summed E-state index contributed by atoms with van der Waals surface area (Å²) in [6.07, 6.45) is -0.734. The molecule has 0 spiro atoms. The van der Waals surface area contributed by atoms with E-state index < -0.39 is 6.10 Å². The molecule has 148 valence electrons. The van der Waals surface area contributed by atoms with Crippen molar-refractivity contribution in [3.8, 4) is 0 Å². The van der Waals surface area contributed by atoms with Crippen molar-refractivity contribution in [3.05, 3.63) is 75.7 Å². The largest absolute Gasteiger partial charge is 0.389 e. The minimum absolute atomic E-state index is 0.146. The van der Waals surface area contributed by atoms with E-state index in [1.165, 1.54) is 0 Å². The Balaban J connectivity index is 1.51. The highest BCUT2D eigenvalue weighted by Gasteiger charge is 2.15. The molecule has 2 amide bonds. The fourth-order valence-electron chi connectivity index (χ4n) is 3.43. The molecule has 0 radical (unpaired) electrons. The Morgan fingerprint density at radius 2 is 1.52 bits per heavy atom. The molecule has 1 atom stereocenters. The number of nitrogens with zero attached hydrogens (tertiary/aromatic N) is 1. The molecule has 0 saturated carbocycles. The first-order chi connectivity index (χ1) is 14.0. The van der Waals surface area contributed by atoms with E-state index in [1.54, 1.807) is 0 Å². The summed E-state index contributed by atoms with van der Waals surface area (Å²) in [5, 5.41) is 18.3. The number of anilines is 1. The third kappa shape index (κ3) is 4.47. The van der Waals surface area contributed by atoms with Crippen molar-refractivity contribution < 1.29 is 9.90 Å². The van der Waals surface area contributed by atoms with E-state index in [-0.39, 0.29) is 12.6 Å². The van der Waals surface area contributed by atoms with E-state index in [2.05, 4.69) is 59.2 Å². The highest BCUT2D eigenvalue weighted by Crippen LogP contribution is 2.33. The molecule has 4 aromatic rings. The zero-order chi connectivity index (χ0) is 20.4. The normalized spacial score (nSPS) is 12.2. The smallest absolute Gasteiger partial charge is 0.319 e. The number of nitrogens with one attached hydrogen (secondary N) is 2. The number of halogens is 2. The van der Waals surface area contributed by atoms with Crippen molar-refractivity contribution in [2.24, 2.45) is 0 Å². The first-order valence-corrected chi connectivity index (χ1v) is 10.7. The van der Waals surface area contributed by atoms with Crippen LogP contribution in [0.25, 0.3) is 21.8 Å². The van der Waals surface area contributed by atoms with Gasteiger partial charge in [0, 0.05) is 43.0 Å². The van der Waals surface area contributed by atoms with Crippen molar-refractivity contribution in [2.45, 2.75) is 12.6 Å². The summed E-state index contributed by atoms with van der Waals surface area (Å²) in [6.45, 7) is 0.516.